The van der Waals surface area contributed by atoms with Crippen LogP contribution in [0.15, 0.2) is 18.5 Å². The van der Waals surface area contributed by atoms with Crippen molar-refractivity contribution in [2.45, 2.75) is 26.2 Å². The van der Waals surface area contributed by atoms with E-state index in [0.29, 0.717) is 30.6 Å². The molecule has 0 aromatic carbocycles. The quantitative estimate of drug-likeness (QED) is 0.736. The molecule has 0 unspecified atom stereocenters. The maximum atomic E-state index is 12.4. The summed E-state index contributed by atoms with van der Waals surface area (Å²) in [5.41, 5.74) is 1.11. The lowest BCUT2D eigenvalue weighted by Crippen LogP contribution is -2.34. The van der Waals surface area contributed by atoms with Gasteiger partial charge in [-0.05, 0) is 12.5 Å². The van der Waals surface area contributed by atoms with E-state index < -0.39 is 0 Å². The lowest BCUT2D eigenvalue weighted by Gasteiger charge is -2.21. The highest BCUT2D eigenvalue weighted by atomic mass is 16.3. The van der Waals surface area contributed by atoms with Crippen LogP contribution in [0.4, 0.5) is 0 Å². The van der Waals surface area contributed by atoms with E-state index in [1.165, 1.54) is 6.20 Å². The van der Waals surface area contributed by atoms with E-state index in [4.69, 9.17) is 10.2 Å². The summed E-state index contributed by atoms with van der Waals surface area (Å²) in [6, 6.07) is 1.69. The Kier molecular flexibility index (Phi) is 8.10. The Balaban J connectivity index is 2.84. The van der Waals surface area contributed by atoms with Gasteiger partial charge in [-0.2, -0.15) is 0 Å². The summed E-state index contributed by atoms with van der Waals surface area (Å²) >= 11 is 0. The number of carbonyl (C=O) groups is 1. The Morgan fingerprint density at radius 2 is 2.10 bits per heavy atom. The molecular weight excluding hydrogens is 268 g/mol. The van der Waals surface area contributed by atoms with Gasteiger partial charge in [-0.25, -0.2) is 0 Å². The zero-order valence-corrected chi connectivity index (χ0v) is 12.4. The Bertz CT molecular complexity index is 506. The Morgan fingerprint density at radius 1 is 1.29 bits per heavy atom. The summed E-state index contributed by atoms with van der Waals surface area (Å²) in [6.07, 6.45) is 5.38. The van der Waals surface area contributed by atoms with Gasteiger partial charge in [-0.15, -0.1) is 0 Å². The Hall–Kier alpha value is -1.90. The zero-order valence-electron chi connectivity index (χ0n) is 12.4. The van der Waals surface area contributed by atoms with Crippen LogP contribution in [0.25, 0.3) is 0 Å². The van der Waals surface area contributed by atoms with Gasteiger partial charge in [0, 0.05) is 37.5 Å². The molecule has 21 heavy (non-hydrogen) atoms. The largest absolute Gasteiger partial charge is 0.395 e. The van der Waals surface area contributed by atoms with Gasteiger partial charge in [0.15, 0.2) is 0 Å². The highest BCUT2D eigenvalue weighted by Crippen LogP contribution is 2.07. The Labute approximate surface area is 125 Å². The van der Waals surface area contributed by atoms with E-state index in [1.54, 1.807) is 17.2 Å². The van der Waals surface area contributed by atoms with Crippen molar-refractivity contribution >= 4 is 5.91 Å². The van der Waals surface area contributed by atoms with Gasteiger partial charge in [0.25, 0.3) is 5.91 Å². The van der Waals surface area contributed by atoms with Gasteiger partial charge >= 0.3 is 0 Å². The van der Waals surface area contributed by atoms with Crippen LogP contribution in [0.5, 0.6) is 0 Å². The number of hydrogen-bond donors (Lipinski definition) is 2. The van der Waals surface area contributed by atoms with E-state index in [1.807, 2.05) is 0 Å². The number of hydrogen-bond acceptors (Lipinski definition) is 4. The first-order valence-electron chi connectivity index (χ1n) is 7.17. The number of unbranched alkanes of at least 4 members (excludes halogenated alkanes) is 1. The third-order valence-electron chi connectivity index (χ3n) is 2.89. The maximum Gasteiger partial charge on any atom is 0.255 e. The highest BCUT2D eigenvalue weighted by molar-refractivity contribution is 5.94. The fourth-order valence-corrected chi connectivity index (χ4v) is 1.81. The van der Waals surface area contributed by atoms with E-state index in [0.717, 1.165) is 12.8 Å². The molecule has 2 N–H and O–H groups in total. The molecule has 0 aliphatic rings. The predicted octanol–water partition coefficient (Wildman–Crippen LogP) is 1.05. The molecule has 0 saturated heterocycles. The van der Waals surface area contributed by atoms with Crippen molar-refractivity contribution in [3.05, 3.63) is 29.6 Å². The SMILES string of the molecule is CCCCN(CCO)C(=O)c1cncc(C#CCCO)c1. The molecule has 114 valence electrons. The normalized spacial score (nSPS) is 9.86. The number of rotatable bonds is 7. The number of aromatic nitrogens is 1. The van der Waals surface area contributed by atoms with Crippen molar-refractivity contribution in [1.82, 2.24) is 9.88 Å². The average molecular weight is 290 g/mol. The minimum Gasteiger partial charge on any atom is -0.395 e. The van der Waals surface area contributed by atoms with Gasteiger partial charge in [-0.1, -0.05) is 25.2 Å². The molecule has 0 aliphatic carbocycles. The van der Waals surface area contributed by atoms with Crippen LogP contribution in [0.1, 0.15) is 42.1 Å². The molecule has 1 aromatic heterocycles. The van der Waals surface area contributed by atoms with Gasteiger partial charge < -0.3 is 15.1 Å². The summed E-state index contributed by atoms with van der Waals surface area (Å²) in [4.78, 5) is 18.1. The fraction of sp³-hybridized carbons (Fsp3) is 0.500. The van der Waals surface area contributed by atoms with Gasteiger partial charge in [0.2, 0.25) is 0 Å². The van der Waals surface area contributed by atoms with E-state index in [-0.39, 0.29) is 19.1 Å². The first-order valence-corrected chi connectivity index (χ1v) is 7.17. The fourth-order valence-electron chi connectivity index (χ4n) is 1.81. The van der Waals surface area contributed by atoms with Gasteiger partial charge in [-0.3, -0.25) is 9.78 Å². The second-order valence-electron chi connectivity index (χ2n) is 4.61. The Morgan fingerprint density at radius 3 is 2.76 bits per heavy atom. The molecule has 0 aliphatic heterocycles. The molecule has 0 spiro atoms. The first-order chi connectivity index (χ1) is 10.2. The van der Waals surface area contributed by atoms with Crippen LogP contribution >= 0.6 is 0 Å². The molecule has 1 heterocycles. The summed E-state index contributed by atoms with van der Waals surface area (Å²) < 4.78 is 0. The lowest BCUT2D eigenvalue weighted by atomic mass is 10.1. The second-order valence-corrected chi connectivity index (χ2v) is 4.61. The molecule has 0 radical (unpaired) electrons. The first kappa shape index (κ1) is 17.2. The van der Waals surface area contributed by atoms with E-state index in [2.05, 4.69) is 23.7 Å². The van der Waals surface area contributed by atoms with Crippen LogP contribution < -0.4 is 0 Å². The third-order valence-corrected chi connectivity index (χ3v) is 2.89. The summed E-state index contributed by atoms with van der Waals surface area (Å²) in [6.45, 7) is 2.95. The molecule has 1 aromatic rings. The van der Waals surface area contributed by atoms with Gasteiger partial charge in [0.1, 0.15) is 0 Å². The van der Waals surface area contributed by atoms with Crippen molar-refractivity contribution in [1.29, 1.82) is 0 Å². The van der Waals surface area contributed by atoms with Crippen LogP contribution in [-0.4, -0.2) is 52.3 Å². The van der Waals surface area contributed by atoms with E-state index >= 15 is 0 Å². The molecule has 0 bridgehead atoms. The monoisotopic (exact) mass is 290 g/mol. The molecule has 0 atom stereocenters. The average Bonchev–Trinajstić information content (AvgIpc) is 2.51. The lowest BCUT2D eigenvalue weighted by molar-refractivity contribution is 0.0719. The molecule has 1 amide bonds. The molecule has 1 rings (SSSR count). The van der Waals surface area contributed by atoms with Crippen molar-refractivity contribution in [3.8, 4) is 11.8 Å². The smallest absolute Gasteiger partial charge is 0.255 e. The van der Waals surface area contributed by atoms with Gasteiger partial charge in [0.05, 0.1) is 18.8 Å². The van der Waals surface area contributed by atoms with Crippen LogP contribution in [0.3, 0.4) is 0 Å². The minimum atomic E-state index is -0.143. The third kappa shape index (κ3) is 5.94. The van der Waals surface area contributed by atoms with Crippen molar-refractivity contribution in [3.63, 3.8) is 0 Å². The zero-order chi connectivity index (χ0) is 15.5. The number of aliphatic hydroxyl groups is 2. The number of nitrogens with zero attached hydrogens (tertiary/aromatic N) is 2. The van der Waals surface area contributed by atoms with Crippen LogP contribution in [0, 0.1) is 11.8 Å². The van der Waals surface area contributed by atoms with Crippen LogP contribution in [-0.2, 0) is 0 Å². The van der Waals surface area contributed by atoms with Crippen molar-refractivity contribution < 1.29 is 15.0 Å². The topological polar surface area (TPSA) is 73.7 Å². The highest BCUT2D eigenvalue weighted by Gasteiger charge is 2.15. The summed E-state index contributed by atoms with van der Waals surface area (Å²) in [5.74, 6) is 5.52. The molecule has 5 nitrogen and oxygen atoms in total. The van der Waals surface area contributed by atoms with Crippen molar-refractivity contribution in [2.24, 2.45) is 0 Å². The molecular formula is C16H22N2O3. The predicted molar refractivity (Wildman–Crippen MR) is 80.7 cm³/mol. The molecule has 5 heteroatoms. The summed E-state index contributed by atoms with van der Waals surface area (Å²) in [5, 5.41) is 17.8. The van der Waals surface area contributed by atoms with Crippen LogP contribution in [0.2, 0.25) is 0 Å². The number of carbonyl (C=O) groups excluding carboxylic acids is 1. The number of amides is 1. The second kappa shape index (κ2) is 9.92. The number of pyridine rings is 1. The van der Waals surface area contributed by atoms with Crippen molar-refractivity contribution in [2.75, 3.05) is 26.3 Å². The van der Waals surface area contributed by atoms with E-state index in [9.17, 15) is 4.79 Å². The summed E-state index contributed by atoms with van der Waals surface area (Å²) in [7, 11) is 0. The molecule has 0 saturated carbocycles. The molecule has 0 fully saturated rings. The maximum absolute atomic E-state index is 12.4. The minimum absolute atomic E-state index is 0.0142. The standard InChI is InChI=1S/C16H22N2O3/c1-2-3-7-18(8-10-20)16(21)15-11-14(12-17-13-15)6-4-5-9-19/h11-13,19-20H,2-3,5,7-10H2,1H3. The number of aliphatic hydroxyl groups excluding tert-OH is 2.